The van der Waals surface area contributed by atoms with E-state index in [0.29, 0.717) is 18.0 Å². The molecule has 0 unspecified atom stereocenters. The van der Waals surface area contributed by atoms with Crippen LogP contribution in [0, 0.1) is 0 Å². The Hall–Kier alpha value is -1.27. The summed E-state index contributed by atoms with van der Waals surface area (Å²) in [7, 11) is -2.09. The van der Waals surface area contributed by atoms with E-state index >= 15 is 0 Å². The minimum atomic E-state index is -3.48. The third-order valence-electron chi connectivity index (χ3n) is 5.82. The number of sulfonamides is 1. The second-order valence-electron chi connectivity index (χ2n) is 8.56. The van der Waals surface area contributed by atoms with E-state index in [2.05, 4.69) is 11.6 Å². The third kappa shape index (κ3) is 13.0. The lowest BCUT2D eigenvalue weighted by Gasteiger charge is -2.10. The number of hydrogen-bond donors (Lipinski definition) is 2. The maximum absolute atomic E-state index is 11.8. The minimum Gasteiger partial charge on any atom is -0.491 e. The largest absolute Gasteiger partial charge is 0.491 e. The van der Waals surface area contributed by atoms with Crippen molar-refractivity contribution in [2.75, 3.05) is 19.4 Å². The summed E-state index contributed by atoms with van der Waals surface area (Å²) in [5, 5.41) is 0. The molecule has 31 heavy (non-hydrogen) atoms. The Morgan fingerprint density at radius 2 is 1.23 bits per heavy atom. The van der Waals surface area contributed by atoms with Crippen LogP contribution in [-0.2, 0) is 10.0 Å². The second-order valence-corrected chi connectivity index (χ2v) is 10.4. The van der Waals surface area contributed by atoms with Gasteiger partial charge in [0.1, 0.15) is 5.75 Å². The van der Waals surface area contributed by atoms with Gasteiger partial charge in [-0.3, -0.25) is 0 Å². The first kappa shape index (κ1) is 27.8. The molecule has 0 saturated carbocycles. The fraction of sp³-hybridized carbons (Fsp3) is 0.760. The zero-order valence-electron chi connectivity index (χ0n) is 20.0. The Labute approximate surface area is 191 Å². The van der Waals surface area contributed by atoms with Crippen molar-refractivity contribution in [2.45, 2.75) is 115 Å². The monoisotopic (exact) mass is 454 g/mol. The Bertz CT molecular complexity index is 677. The fourth-order valence-electron chi connectivity index (χ4n) is 3.78. The molecule has 0 atom stereocenters. The number of benzene rings is 1. The van der Waals surface area contributed by atoms with Crippen molar-refractivity contribution >= 4 is 15.7 Å². The molecule has 0 aromatic heterocycles. The summed E-state index contributed by atoms with van der Waals surface area (Å²) in [6.45, 7) is 2.89. The Morgan fingerprint density at radius 3 is 1.65 bits per heavy atom. The molecule has 0 saturated heterocycles. The molecule has 0 bridgehead atoms. The topological polar surface area (TPSA) is 81.4 Å². The lowest BCUT2D eigenvalue weighted by molar-refractivity contribution is 0.305. The highest BCUT2D eigenvalue weighted by Gasteiger charge is 2.13. The minimum absolute atomic E-state index is 0.155. The smallest absolute Gasteiger partial charge is 0.240 e. The predicted octanol–water partition coefficient (Wildman–Crippen LogP) is 6.82. The first-order valence-electron chi connectivity index (χ1n) is 12.5. The number of hydrogen-bond acceptors (Lipinski definition) is 4. The highest BCUT2D eigenvalue weighted by molar-refractivity contribution is 7.89. The molecular formula is C25H46N2O3S. The van der Waals surface area contributed by atoms with Crippen LogP contribution in [0.5, 0.6) is 5.75 Å². The van der Waals surface area contributed by atoms with Crippen molar-refractivity contribution in [3.63, 3.8) is 0 Å². The van der Waals surface area contributed by atoms with E-state index in [-0.39, 0.29) is 4.90 Å². The van der Waals surface area contributed by atoms with Gasteiger partial charge < -0.3 is 10.5 Å². The maximum atomic E-state index is 11.8. The third-order valence-corrected chi connectivity index (χ3v) is 7.23. The van der Waals surface area contributed by atoms with Crippen LogP contribution in [0.15, 0.2) is 23.1 Å². The van der Waals surface area contributed by atoms with E-state index in [1.807, 2.05) is 0 Å². The molecule has 0 fully saturated rings. The van der Waals surface area contributed by atoms with E-state index in [1.165, 1.54) is 109 Å². The van der Waals surface area contributed by atoms with E-state index < -0.39 is 10.0 Å². The van der Waals surface area contributed by atoms with E-state index in [1.54, 1.807) is 6.07 Å². The fourth-order valence-corrected chi connectivity index (χ4v) is 4.54. The van der Waals surface area contributed by atoms with Crippen molar-refractivity contribution in [2.24, 2.45) is 0 Å². The summed E-state index contributed by atoms with van der Waals surface area (Å²) in [6, 6.07) is 4.59. The first-order chi connectivity index (χ1) is 15.0. The lowest BCUT2D eigenvalue weighted by Crippen LogP contribution is -2.18. The van der Waals surface area contributed by atoms with Crippen LogP contribution in [0.25, 0.3) is 0 Å². The van der Waals surface area contributed by atoms with Gasteiger partial charge in [-0.2, -0.15) is 0 Å². The van der Waals surface area contributed by atoms with E-state index in [0.717, 1.165) is 12.8 Å². The molecule has 5 nitrogen and oxygen atoms in total. The summed E-state index contributed by atoms with van der Waals surface area (Å²) < 4.78 is 31.6. The molecule has 1 aromatic carbocycles. The van der Waals surface area contributed by atoms with Gasteiger partial charge in [-0.15, -0.1) is 0 Å². The number of nitrogens with two attached hydrogens (primary N) is 1. The van der Waals surface area contributed by atoms with Gasteiger partial charge in [-0.25, -0.2) is 13.1 Å². The molecule has 0 amide bonds. The number of anilines is 1. The molecule has 1 aromatic rings. The maximum Gasteiger partial charge on any atom is 0.240 e. The molecule has 0 radical (unpaired) electrons. The molecule has 6 heteroatoms. The Morgan fingerprint density at radius 1 is 0.774 bits per heavy atom. The van der Waals surface area contributed by atoms with Crippen LogP contribution in [0.2, 0.25) is 0 Å². The summed E-state index contributed by atoms with van der Waals surface area (Å²) in [5.74, 6) is 0.552. The van der Waals surface area contributed by atoms with Gasteiger partial charge in [0, 0.05) is 0 Å². The summed E-state index contributed by atoms with van der Waals surface area (Å²) >= 11 is 0. The van der Waals surface area contributed by atoms with Gasteiger partial charge in [0.05, 0.1) is 17.2 Å². The number of unbranched alkanes of at least 4 members (excludes halogenated alkanes) is 15. The zero-order valence-corrected chi connectivity index (χ0v) is 20.8. The quantitative estimate of drug-likeness (QED) is 0.167. The summed E-state index contributed by atoms with van der Waals surface area (Å²) in [5.41, 5.74) is 6.28. The van der Waals surface area contributed by atoms with Crippen LogP contribution >= 0.6 is 0 Å². The number of nitrogens with one attached hydrogen (secondary N) is 1. The zero-order chi connectivity index (χ0) is 22.8. The number of ether oxygens (including phenoxy) is 1. The molecule has 0 aliphatic carbocycles. The number of nitrogen functional groups attached to an aromatic ring is 1. The van der Waals surface area contributed by atoms with Crippen LogP contribution in [-0.4, -0.2) is 22.1 Å². The van der Waals surface area contributed by atoms with Gasteiger partial charge in [-0.05, 0) is 31.7 Å². The molecule has 0 heterocycles. The predicted molar refractivity (Wildman–Crippen MR) is 132 cm³/mol. The van der Waals surface area contributed by atoms with Gasteiger partial charge >= 0.3 is 0 Å². The molecule has 0 spiro atoms. The highest BCUT2D eigenvalue weighted by atomic mass is 32.2. The average Bonchev–Trinajstić information content (AvgIpc) is 2.76. The first-order valence-corrected chi connectivity index (χ1v) is 14.0. The van der Waals surface area contributed by atoms with Crippen molar-refractivity contribution in [1.82, 2.24) is 4.72 Å². The van der Waals surface area contributed by atoms with Gasteiger partial charge in [0.2, 0.25) is 10.0 Å². The Kier molecular flexibility index (Phi) is 15.5. The van der Waals surface area contributed by atoms with Gasteiger partial charge in [-0.1, -0.05) is 103 Å². The SMILES string of the molecule is CCCCCCCCCCCCCCCCCCOc1ccc(S(=O)(=O)NC)cc1N. The lowest BCUT2D eigenvalue weighted by atomic mass is 10.0. The van der Waals surface area contributed by atoms with E-state index in [4.69, 9.17) is 10.5 Å². The highest BCUT2D eigenvalue weighted by Crippen LogP contribution is 2.25. The molecule has 3 N–H and O–H groups in total. The van der Waals surface area contributed by atoms with E-state index in [9.17, 15) is 8.42 Å². The molecule has 0 aliphatic heterocycles. The normalized spacial score (nSPS) is 11.7. The van der Waals surface area contributed by atoms with Crippen LogP contribution in [0.1, 0.15) is 110 Å². The number of rotatable bonds is 20. The summed E-state index contributed by atoms with van der Waals surface area (Å²) in [6.07, 6.45) is 21.5. The van der Waals surface area contributed by atoms with Crippen molar-refractivity contribution in [3.8, 4) is 5.75 Å². The molecule has 180 valence electrons. The molecule has 1 rings (SSSR count). The standard InChI is InChI=1S/C25H46N2O3S/c1-3-4-5-6-7-8-9-10-11-12-13-14-15-16-17-18-21-30-25-20-19-23(22-24(25)26)31(28,29)27-2/h19-20,22,27H,3-18,21,26H2,1-2H3. The van der Waals surface area contributed by atoms with Gasteiger partial charge in [0.25, 0.3) is 0 Å². The Balaban J connectivity index is 1.94. The molecule has 0 aliphatic rings. The van der Waals surface area contributed by atoms with Crippen molar-refractivity contribution in [3.05, 3.63) is 18.2 Å². The average molecular weight is 455 g/mol. The van der Waals surface area contributed by atoms with Crippen molar-refractivity contribution < 1.29 is 13.2 Å². The van der Waals surface area contributed by atoms with Crippen LogP contribution in [0.3, 0.4) is 0 Å². The van der Waals surface area contributed by atoms with Crippen molar-refractivity contribution in [1.29, 1.82) is 0 Å². The van der Waals surface area contributed by atoms with Crippen LogP contribution in [0.4, 0.5) is 5.69 Å². The van der Waals surface area contributed by atoms with Crippen LogP contribution < -0.4 is 15.2 Å². The van der Waals surface area contributed by atoms with Gasteiger partial charge in [0.15, 0.2) is 0 Å². The second kappa shape index (κ2) is 17.3. The molecular weight excluding hydrogens is 408 g/mol. The summed E-state index contributed by atoms with van der Waals surface area (Å²) in [4.78, 5) is 0.155.